The number of methoxy groups -OCH3 is 1. The number of ether oxygens (including phenoxy) is 2. The van der Waals surface area contributed by atoms with Crippen LogP contribution in [0.25, 0.3) is 11.4 Å². The van der Waals surface area contributed by atoms with Gasteiger partial charge in [0.05, 0.1) is 13.5 Å². The molecule has 0 aliphatic rings. The zero-order valence-electron chi connectivity index (χ0n) is 12.7. The van der Waals surface area contributed by atoms with Gasteiger partial charge in [0, 0.05) is 10.9 Å². The van der Waals surface area contributed by atoms with Crippen molar-refractivity contribution in [3.8, 4) is 17.1 Å². The molecule has 0 amide bonds. The van der Waals surface area contributed by atoms with Gasteiger partial charge < -0.3 is 14.0 Å². The van der Waals surface area contributed by atoms with E-state index in [-0.39, 0.29) is 24.7 Å². The molecule has 0 spiro atoms. The molecule has 0 unspecified atom stereocenters. The molecule has 1 aromatic carbocycles. The van der Waals surface area contributed by atoms with Crippen molar-refractivity contribution in [1.82, 2.24) is 10.1 Å². The smallest absolute Gasteiger partial charge is 0.310 e. The van der Waals surface area contributed by atoms with Crippen molar-refractivity contribution in [3.63, 3.8) is 0 Å². The fourth-order valence-electron chi connectivity index (χ4n) is 2.00. The van der Waals surface area contributed by atoms with Crippen LogP contribution in [0.4, 0.5) is 4.39 Å². The first-order valence-corrected chi connectivity index (χ1v) is 7.93. The van der Waals surface area contributed by atoms with Gasteiger partial charge in [-0.05, 0) is 29.1 Å². The lowest BCUT2D eigenvalue weighted by atomic mass is 10.1. The summed E-state index contributed by atoms with van der Waals surface area (Å²) in [5.41, 5.74) is 1.33. The predicted octanol–water partition coefficient (Wildman–Crippen LogP) is 3.23. The Morgan fingerprint density at radius 1 is 1.38 bits per heavy atom. The van der Waals surface area contributed by atoms with Gasteiger partial charge in [0.25, 0.3) is 5.89 Å². The van der Waals surface area contributed by atoms with Crippen molar-refractivity contribution in [3.05, 3.63) is 52.3 Å². The highest BCUT2D eigenvalue weighted by Crippen LogP contribution is 2.20. The van der Waals surface area contributed by atoms with Crippen molar-refractivity contribution in [1.29, 1.82) is 0 Å². The van der Waals surface area contributed by atoms with E-state index in [9.17, 15) is 9.18 Å². The highest BCUT2D eigenvalue weighted by Gasteiger charge is 2.13. The summed E-state index contributed by atoms with van der Waals surface area (Å²) >= 11 is 1.52. The van der Waals surface area contributed by atoms with Crippen molar-refractivity contribution in [2.24, 2.45) is 0 Å². The van der Waals surface area contributed by atoms with E-state index in [4.69, 9.17) is 14.0 Å². The van der Waals surface area contributed by atoms with Gasteiger partial charge in [0.1, 0.15) is 0 Å². The largest absolute Gasteiger partial charge is 0.494 e. The van der Waals surface area contributed by atoms with Crippen molar-refractivity contribution in [2.75, 3.05) is 7.11 Å². The number of halogens is 1. The second kappa shape index (κ2) is 7.22. The maximum Gasteiger partial charge on any atom is 0.310 e. The summed E-state index contributed by atoms with van der Waals surface area (Å²) in [6.45, 7) is -0.130. The molecule has 0 saturated heterocycles. The number of hydrogen-bond donors (Lipinski definition) is 0. The predicted molar refractivity (Wildman–Crippen MR) is 84.1 cm³/mol. The van der Waals surface area contributed by atoms with Crippen LogP contribution < -0.4 is 4.74 Å². The average molecular weight is 348 g/mol. The molecule has 2 heterocycles. The van der Waals surface area contributed by atoms with Gasteiger partial charge in [-0.3, -0.25) is 4.79 Å². The summed E-state index contributed by atoms with van der Waals surface area (Å²) in [5, 5.41) is 7.61. The lowest BCUT2D eigenvalue weighted by molar-refractivity contribution is -0.144. The summed E-state index contributed by atoms with van der Waals surface area (Å²) < 4.78 is 28.5. The Morgan fingerprint density at radius 3 is 2.96 bits per heavy atom. The van der Waals surface area contributed by atoms with E-state index in [2.05, 4.69) is 10.1 Å². The molecule has 3 aromatic rings. The van der Waals surface area contributed by atoms with Crippen LogP contribution in [0.1, 0.15) is 11.5 Å². The molecule has 0 N–H and O–H groups in total. The molecule has 0 aliphatic carbocycles. The van der Waals surface area contributed by atoms with Crippen LogP contribution in [-0.4, -0.2) is 23.2 Å². The van der Waals surface area contributed by atoms with Crippen molar-refractivity contribution < 1.29 is 23.2 Å². The zero-order valence-corrected chi connectivity index (χ0v) is 13.5. The third-order valence-corrected chi connectivity index (χ3v) is 3.85. The molecule has 3 rings (SSSR count). The van der Waals surface area contributed by atoms with Gasteiger partial charge in [0.2, 0.25) is 5.82 Å². The topological polar surface area (TPSA) is 74.5 Å². The normalized spacial score (nSPS) is 10.6. The number of nitrogens with zero attached hydrogens (tertiary/aromatic N) is 2. The van der Waals surface area contributed by atoms with Crippen molar-refractivity contribution >= 4 is 17.3 Å². The zero-order chi connectivity index (χ0) is 16.9. The van der Waals surface area contributed by atoms with Crippen LogP contribution in [0.3, 0.4) is 0 Å². The summed E-state index contributed by atoms with van der Waals surface area (Å²) in [7, 11) is 1.38. The van der Waals surface area contributed by atoms with Gasteiger partial charge in [-0.2, -0.15) is 16.3 Å². The number of esters is 1. The second-order valence-electron chi connectivity index (χ2n) is 4.83. The molecule has 0 aliphatic heterocycles. The van der Waals surface area contributed by atoms with E-state index >= 15 is 0 Å². The first-order valence-electron chi connectivity index (χ1n) is 6.99. The van der Waals surface area contributed by atoms with Crippen molar-refractivity contribution in [2.45, 2.75) is 13.0 Å². The fourth-order valence-corrected chi connectivity index (χ4v) is 2.64. The minimum absolute atomic E-state index is 0.0631. The highest BCUT2D eigenvalue weighted by atomic mass is 32.1. The maximum atomic E-state index is 13.6. The Morgan fingerprint density at radius 2 is 2.25 bits per heavy atom. The minimum Gasteiger partial charge on any atom is -0.494 e. The average Bonchev–Trinajstić information content (AvgIpc) is 3.24. The Hall–Kier alpha value is -2.74. The number of carbonyl (C=O) groups excluding carboxylic acids is 1. The fraction of sp³-hybridized carbons (Fsp3) is 0.188. The number of carbonyl (C=O) groups is 1. The molecule has 6 nitrogen and oxygen atoms in total. The first-order chi connectivity index (χ1) is 11.7. The Bertz CT molecular complexity index is 832. The third kappa shape index (κ3) is 3.77. The summed E-state index contributed by atoms with van der Waals surface area (Å²) in [5.74, 6) is -0.279. The van der Waals surface area contributed by atoms with E-state index in [1.807, 2.05) is 16.8 Å². The molecule has 0 radical (unpaired) electrons. The van der Waals surface area contributed by atoms with E-state index in [1.165, 1.54) is 30.6 Å². The molecule has 0 fully saturated rings. The Kier molecular flexibility index (Phi) is 4.85. The molecule has 2 aromatic heterocycles. The molecule has 0 saturated carbocycles. The lowest BCUT2D eigenvalue weighted by Gasteiger charge is -2.05. The number of hydrogen-bond acceptors (Lipinski definition) is 7. The second-order valence-corrected chi connectivity index (χ2v) is 5.61. The molecular weight excluding hydrogens is 335 g/mol. The number of aromatic nitrogens is 2. The molecule has 24 heavy (non-hydrogen) atoms. The standard InChI is InChI=1S/C16H13FN2O4S/c1-21-13-3-2-10(6-12(13)17)7-15(20)22-8-14-18-16(19-23-14)11-4-5-24-9-11/h2-6,9H,7-8H2,1H3. The molecular formula is C16H13FN2O4S. The van der Waals surface area contributed by atoms with Crippen LogP contribution in [0.15, 0.2) is 39.5 Å². The summed E-state index contributed by atoms with van der Waals surface area (Å²) in [4.78, 5) is 16.0. The molecule has 0 bridgehead atoms. The number of rotatable bonds is 6. The van der Waals surface area contributed by atoms with Gasteiger partial charge in [-0.1, -0.05) is 11.2 Å². The SMILES string of the molecule is COc1ccc(CC(=O)OCc2nc(-c3ccsc3)no2)cc1F. The number of thiophene rings is 1. The maximum absolute atomic E-state index is 13.6. The third-order valence-electron chi connectivity index (χ3n) is 3.17. The van der Waals surface area contributed by atoms with Gasteiger partial charge in [-0.15, -0.1) is 0 Å². The summed E-state index contributed by atoms with van der Waals surface area (Å²) in [6, 6.07) is 6.17. The van der Waals surface area contributed by atoms with Gasteiger partial charge in [0.15, 0.2) is 18.2 Å². The van der Waals surface area contributed by atoms with E-state index in [0.717, 1.165) is 5.56 Å². The quantitative estimate of drug-likeness (QED) is 0.637. The molecule has 124 valence electrons. The first kappa shape index (κ1) is 16.1. The summed E-state index contributed by atoms with van der Waals surface area (Å²) in [6.07, 6.45) is -0.0631. The van der Waals surface area contributed by atoms with Crippen LogP contribution in [-0.2, 0) is 22.6 Å². The minimum atomic E-state index is -0.528. The van der Waals surface area contributed by atoms with E-state index < -0.39 is 11.8 Å². The van der Waals surface area contributed by atoms with Crippen LogP contribution >= 0.6 is 11.3 Å². The molecule has 8 heteroatoms. The monoisotopic (exact) mass is 348 g/mol. The van der Waals surface area contributed by atoms with Crippen LogP contribution in [0.2, 0.25) is 0 Å². The van der Waals surface area contributed by atoms with E-state index in [0.29, 0.717) is 11.4 Å². The Labute approximate surface area is 140 Å². The highest BCUT2D eigenvalue weighted by molar-refractivity contribution is 7.08. The Balaban J connectivity index is 1.55. The van der Waals surface area contributed by atoms with Gasteiger partial charge in [-0.25, -0.2) is 4.39 Å². The van der Waals surface area contributed by atoms with Crippen LogP contribution in [0.5, 0.6) is 5.75 Å². The molecule has 0 atom stereocenters. The van der Waals surface area contributed by atoms with Gasteiger partial charge >= 0.3 is 5.97 Å². The van der Waals surface area contributed by atoms with E-state index in [1.54, 1.807) is 6.07 Å². The van der Waals surface area contributed by atoms with Crippen LogP contribution in [0, 0.1) is 5.82 Å². The number of benzene rings is 1. The lowest BCUT2D eigenvalue weighted by Crippen LogP contribution is -2.08.